The summed E-state index contributed by atoms with van der Waals surface area (Å²) in [6.07, 6.45) is -7.27. The number of morpholine rings is 1. The zero-order valence-electron chi connectivity index (χ0n) is 13.7. The van der Waals surface area contributed by atoms with Crippen LogP contribution in [0.5, 0.6) is 0 Å². The molecular weight excluding hydrogens is 356 g/mol. The number of aliphatic hydroxyl groups is 4. The van der Waals surface area contributed by atoms with Crippen LogP contribution in [0.4, 0.5) is 10.7 Å². The number of nitrogens with zero attached hydrogens (tertiary/aromatic N) is 3. The van der Waals surface area contributed by atoms with Crippen LogP contribution >= 0.6 is 0 Å². The van der Waals surface area contributed by atoms with Gasteiger partial charge in [-0.05, 0) is 0 Å². The minimum absolute atomic E-state index is 0.0221. The van der Waals surface area contributed by atoms with Crippen LogP contribution in [0.3, 0.4) is 0 Å². The Morgan fingerprint density at radius 1 is 1.31 bits per heavy atom. The summed E-state index contributed by atoms with van der Waals surface area (Å²) in [5.41, 5.74) is 0. The summed E-state index contributed by atoms with van der Waals surface area (Å²) in [6.45, 7) is 1.66. The van der Waals surface area contributed by atoms with E-state index in [0.29, 0.717) is 26.3 Å². The highest BCUT2D eigenvalue weighted by atomic mass is 16.7. The molecule has 3 rings (SSSR count). The first-order valence-electron chi connectivity index (χ1n) is 7.99. The van der Waals surface area contributed by atoms with Crippen molar-refractivity contribution in [3.63, 3.8) is 0 Å². The minimum atomic E-state index is -1.69. The molecule has 0 aliphatic carbocycles. The Hall–Kier alpha value is -2.03. The molecule has 146 valence electrons. The van der Waals surface area contributed by atoms with Crippen LogP contribution in [-0.4, -0.2) is 95.4 Å². The SMILES string of the molecule is O=C(Nc1c[n+](N2CCOCC2)no1)O[C@@H]1OC(CO)[C@H](O)[C@H](O)C1O. The van der Waals surface area contributed by atoms with Gasteiger partial charge < -0.3 is 34.6 Å². The number of hydrogen-bond donors (Lipinski definition) is 5. The van der Waals surface area contributed by atoms with E-state index in [0.717, 1.165) is 0 Å². The summed E-state index contributed by atoms with van der Waals surface area (Å²) in [4.78, 5) is 13.3. The Morgan fingerprint density at radius 2 is 2.04 bits per heavy atom. The lowest BCUT2D eigenvalue weighted by atomic mass is 9.99. The zero-order valence-corrected chi connectivity index (χ0v) is 13.7. The molecule has 0 bridgehead atoms. The highest BCUT2D eigenvalue weighted by Crippen LogP contribution is 2.22. The number of ether oxygens (including phenoxy) is 3. The fourth-order valence-electron chi connectivity index (χ4n) is 2.59. The lowest BCUT2D eigenvalue weighted by molar-refractivity contribution is -0.759. The lowest BCUT2D eigenvalue weighted by Gasteiger charge is -2.38. The standard InChI is InChI=1S/C13H20N4O9/c18-6-7-9(19)10(20)11(21)12(24-7)25-13(22)14-8-5-17(15-26-8)16-1-3-23-4-2-16/h5,7,9-12,18-21H,1-4,6H2/p+1/t7?,9-,10-,11?,12-/m0/s1. The molecule has 13 heteroatoms. The predicted octanol–water partition coefficient (Wildman–Crippen LogP) is -3.72. The third-order valence-electron chi connectivity index (χ3n) is 4.03. The van der Waals surface area contributed by atoms with Crippen LogP contribution in [0.2, 0.25) is 0 Å². The molecule has 1 aromatic heterocycles. The highest BCUT2D eigenvalue weighted by molar-refractivity contribution is 5.82. The van der Waals surface area contributed by atoms with Crippen molar-refractivity contribution in [1.82, 2.24) is 5.27 Å². The van der Waals surface area contributed by atoms with Gasteiger partial charge in [-0.15, -0.1) is 5.01 Å². The smallest absolute Gasteiger partial charge is 0.416 e. The van der Waals surface area contributed by atoms with Gasteiger partial charge in [0, 0.05) is 0 Å². The van der Waals surface area contributed by atoms with Gasteiger partial charge in [0.2, 0.25) is 11.6 Å². The second-order valence-corrected chi connectivity index (χ2v) is 5.78. The summed E-state index contributed by atoms with van der Waals surface area (Å²) >= 11 is 0. The van der Waals surface area contributed by atoms with Crippen molar-refractivity contribution in [2.24, 2.45) is 0 Å². The molecule has 0 spiro atoms. The van der Waals surface area contributed by atoms with Gasteiger partial charge in [0.15, 0.2) is 0 Å². The van der Waals surface area contributed by atoms with Crippen LogP contribution in [0.15, 0.2) is 10.7 Å². The zero-order chi connectivity index (χ0) is 18.7. The Morgan fingerprint density at radius 3 is 2.73 bits per heavy atom. The first-order chi connectivity index (χ1) is 12.5. The maximum atomic E-state index is 11.9. The third kappa shape index (κ3) is 4.03. The van der Waals surface area contributed by atoms with Crippen molar-refractivity contribution in [1.29, 1.82) is 0 Å². The second kappa shape index (κ2) is 8.11. The monoisotopic (exact) mass is 377 g/mol. The molecule has 2 aliphatic heterocycles. The summed E-state index contributed by atoms with van der Waals surface area (Å²) in [6, 6.07) is 0. The van der Waals surface area contributed by atoms with Crippen molar-refractivity contribution in [3.8, 4) is 0 Å². The van der Waals surface area contributed by atoms with Gasteiger partial charge >= 0.3 is 12.0 Å². The number of carbonyl (C=O) groups is 1. The largest absolute Gasteiger partial charge is 0.416 e. The van der Waals surface area contributed by atoms with Gasteiger partial charge in [0.1, 0.15) is 24.4 Å². The first-order valence-corrected chi connectivity index (χ1v) is 7.99. The normalized spacial score (nSPS) is 32.3. The third-order valence-corrected chi connectivity index (χ3v) is 4.03. The van der Waals surface area contributed by atoms with E-state index in [1.165, 1.54) is 11.0 Å². The first kappa shape index (κ1) is 18.8. The lowest BCUT2D eigenvalue weighted by Crippen LogP contribution is -2.62. The Kier molecular flexibility index (Phi) is 5.85. The van der Waals surface area contributed by atoms with E-state index in [1.54, 1.807) is 0 Å². The van der Waals surface area contributed by atoms with Crippen molar-refractivity contribution < 1.29 is 48.7 Å². The van der Waals surface area contributed by atoms with Crippen LogP contribution < -0.4 is 15.1 Å². The molecule has 3 heterocycles. The molecule has 2 fully saturated rings. The van der Waals surface area contributed by atoms with E-state index < -0.39 is 43.4 Å². The molecule has 26 heavy (non-hydrogen) atoms. The predicted molar refractivity (Wildman–Crippen MR) is 79.3 cm³/mol. The maximum absolute atomic E-state index is 11.9. The van der Waals surface area contributed by atoms with E-state index in [4.69, 9.17) is 23.8 Å². The number of carbonyl (C=O) groups excluding carboxylic acids is 1. The second-order valence-electron chi connectivity index (χ2n) is 5.78. The molecule has 2 unspecified atom stereocenters. The van der Waals surface area contributed by atoms with Gasteiger partial charge in [0.25, 0.3) is 6.20 Å². The number of rotatable bonds is 4. The number of amides is 1. The van der Waals surface area contributed by atoms with Crippen LogP contribution in [0, 0.1) is 0 Å². The van der Waals surface area contributed by atoms with Crippen molar-refractivity contribution in [2.75, 3.05) is 43.2 Å². The van der Waals surface area contributed by atoms with Crippen molar-refractivity contribution >= 4 is 12.0 Å². The number of aliphatic hydroxyl groups excluding tert-OH is 4. The van der Waals surface area contributed by atoms with Gasteiger partial charge in [-0.2, -0.15) is 0 Å². The summed E-state index contributed by atoms with van der Waals surface area (Å²) in [7, 11) is 0. The fourth-order valence-corrected chi connectivity index (χ4v) is 2.59. The molecule has 0 aromatic carbocycles. The number of aromatic nitrogens is 2. The summed E-state index contributed by atoms with van der Waals surface area (Å²) in [5.74, 6) is -0.0221. The van der Waals surface area contributed by atoms with E-state index in [-0.39, 0.29) is 5.88 Å². The molecule has 0 saturated carbocycles. The molecule has 2 aliphatic rings. The molecule has 5 N–H and O–H groups in total. The van der Waals surface area contributed by atoms with E-state index >= 15 is 0 Å². The summed E-state index contributed by atoms with van der Waals surface area (Å²) < 4.78 is 20.1. The average Bonchev–Trinajstić information content (AvgIpc) is 3.11. The molecule has 2 saturated heterocycles. The summed E-state index contributed by atoms with van der Waals surface area (Å²) in [5, 5.41) is 46.1. The average molecular weight is 377 g/mol. The van der Waals surface area contributed by atoms with E-state index in [2.05, 4.69) is 10.6 Å². The molecular formula is C13H21N4O9+. The maximum Gasteiger partial charge on any atom is 0.416 e. The molecule has 0 radical (unpaired) electrons. The molecule has 5 atom stereocenters. The number of hydrogen-bond acceptors (Lipinski definition) is 11. The molecule has 1 aromatic rings. The van der Waals surface area contributed by atoms with Crippen molar-refractivity contribution in [2.45, 2.75) is 30.7 Å². The number of nitrogens with one attached hydrogen (secondary N) is 1. The van der Waals surface area contributed by atoms with Gasteiger partial charge in [-0.1, -0.05) is 0 Å². The van der Waals surface area contributed by atoms with Crippen LogP contribution in [0.1, 0.15) is 0 Å². The quantitative estimate of drug-likeness (QED) is 0.327. The topological polar surface area (TPSA) is 171 Å². The number of anilines is 1. The molecule has 1 amide bonds. The Bertz CT molecular complexity index is 606. The fraction of sp³-hybridized carbons (Fsp3) is 0.769. The van der Waals surface area contributed by atoms with Gasteiger partial charge in [-0.3, -0.25) is 9.84 Å². The highest BCUT2D eigenvalue weighted by Gasteiger charge is 2.45. The van der Waals surface area contributed by atoms with Gasteiger partial charge in [0.05, 0.1) is 37.7 Å². The molecule has 13 nitrogen and oxygen atoms in total. The van der Waals surface area contributed by atoms with Crippen LogP contribution in [-0.2, 0) is 14.2 Å². The Balaban J connectivity index is 1.56. The van der Waals surface area contributed by atoms with E-state index in [9.17, 15) is 20.1 Å². The van der Waals surface area contributed by atoms with E-state index in [1.807, 2.05) is 5.01 Å². The van der Waals surface area contributed by atoms with Crippen LogP contribution in [0.25, 0.3) is 0 Å². The van der Waals surface area contributed by atoms with Gasteiger partial charge in [-0.25, -0.2) is 4.79 Å². The Labute approximate surface area is 147 Å². The minimum Gasteiger partial charge on any atom is -0.416 e. The van der Waals surface area contributed by atoms with Crippen molar-refractivity contribution in [3.05, 3.63) is 6.20 Å².